The smallest absolute Gasteiger partial charge is 0.280 e. The van der Waals surface area contributed by atoms with E-state index < -0.39 is 0 Å². The monoisotopic (exact) mass is 323 g/mol. The van der Waals surface area contributed by atoms with E-state index in [0.717, 1.165) is 11.1 Å². The normalized spacial score (nSPS) is 10.6. The van der Waals surface area contributed by atoms with Gasteiger partial charge in [-0.25, -0.2) is 9.37 Å². The third kappa shape index (κ3) is 2.80. The lowest BCUT2D eigenvalue weighted by atomic mass is 10.1. The molecule has 3 aromatic rings. The van der Waals surface area contributed by atoms with Crippen molar-refractivity contribution in [1.82, 2.24) is 19.5 Å². The second kappa shape index (κ2) is 6.15. The Morgan fingerprint density at radius 1 is 1.41 bits per heavy atom. The first-order valence-corrected chi connectivity index (χ1v) is 6.50. The molecule has 0 radical (unpaired) electrons. The molecule has 116 valence electrons. The summed E-state index contributed by atoms with van der Waals surface area (Å²) in [6, 6.07) is 4.59. The SMILES string of the molecule is Cc1cc(F)ccc1CCn1c(N)nc2nc[nH]c2c1=O.Cl. The number of aryl methyl sites for hydroxylation is 2. The van der Waals surface area contributed by atoms with E-state index in [4.69, 9.17) is 5.73 Å². The van der Waals surface area contributed by atoms with E-state index in [-0.39, 0.29) is 29.7 Å². The fourth-order valence-electron chi connectivity index (χ4n) is 2.33. The molecule has 0 saturated carbocycles. The fourth-order valence-corrected chi connectivity index (χ4v) is 2.33. The number of anilines is 1. The number of nitrogen functional groups attached to an aromatic ring is 1. The summed E-state index contributed by atoms with van der Waals surface area (Å²) in [6.07, 6.45) is 1.98. The number of nitrogens with zero attached hydrogens (tertiary/aromatic N) is 3. The van der Waals surface area contributed by atoms with Gasteiger partial charge in [0.2, 0.25) is 5.95 Å². The number of nitrogens with one attached hydrogen (secondary N) is 1. The van der Waals surface area contributed by atoms with Gasteiger partial charge in [-0.15, -0.1) is 12.4 Å². The molecule has 8 heteroatoms. The molecule has 0 unspecified atom stereocenters. The Balaban J connectivity index is 0.00000176. The molecule has 0 amide bonds. The van der Waals surface area contributed by atoms with Gasteiger partial charge in [0.25, 0.3) is 5.56 Å². The van der Waals surface area contributed by atoms with Crippen LogP contribution < -0.4 is 11.3 Å². The van der Waals surface area contributed by atoms with E-state index >= 15 is 0 Å². The molecule has 0 fully saturated rings. The van der Waals surface area contributed by atoms with Crippen LogP contribution in [0.4, 0.5) is 10.3 Å². The van der Waals surface area contributed by atoms with E-state index in [1.165, 1.54) is 23.0 Å². The van der Waals surface area contributed by atoms with E-state index in [9.17, 15) is 9.18 Å². The maximum Gasteiger partial charge on any atom is 0.280 e. The third-order valence-corrected chi connectivity index (χ3v) is 3.48. The largest absolute Gasteiger partial charge is 0.369 e. The van der Waals surface area contributed by atoms with Crippen LogP contribution in [0, 0.1) is 12.7 Å². The first-order chi connectivity index (χ1) is 10.1. The van der Waals surface area contributed by atoms with Gasteiger partial charge in [0.1, 0.15) is 5.82 Å². The van der Waals surface area contributed by atoms with Crippen LogP contribution in [-0.2, 0) is 13.0 Å². The molecule has 1 aromatic carbocycles. The van der Waals surface area contributed by atoms with Crippen molar-refractivity contribution < 1.29 is 4.39 Å². The number of nitrogens with two attached hydrogens (primary N) is 1. The highest BCUT2D eigenvalue weighted by Crippen LogP contribution is 2.12. The van der Waals surface area contributed by atoms with Gasteiger partial charge in [0.15, 0.2) is 11.2 Å². The van der Waals surface area contributed by atoms with Gasteiger partial charge in [0, 0.05) is 6.54 Å². The van der Waals surface area contributed by atoms with Crippen LogP contribution >= 0.6 is 12.4 Å². The Labute approximate surface area is 131 Å². The maximum absolute atomic E-state index is 13.1. The summed E-state index contributed by atoms with van der Waals surface area (Å²) in [7, 11) is 0. The molecule has 0 aliphatic heterocycles. The number of imidazole rings is 1. The first kappa shape index (κ1) is 16.0. The fraction of sp³-hybridized carbons (Fsp3) is 0.214. The van der Waals surface area contributed by atoms with Crippen LogP contribution in [0.3, 0.4) is 0 Å². The van der Waals surface area contributed by atoms with Crippen molar-refractivity contribution >= 4 is 29.5 Å². The van der Waals surface area contributed by atoms with Gasteiger partial charge >= 0.3 is 0 Å². The summed E-state index contributed by atoms with van der Waals surface area (Å²) in [4.78, 5) is 23.0. The van der Waals surface area contributed by atoms with Gasteiger partial charge in [-0.1, -0.05) is 6.07 Å². The molecule has 2 heterocycles. The second-order valence-electron chi connectivity index (χ2n) is 4.85. The van der Waals surface area contributed by atoms with Gasteiger partial charge < -0.3 is 10.7 Å². The molecule has 0 bridgehead atoms. The van der Waals surface area contributed by atoms with Crippen molar-refractivity contribution in [2.45, 2.75) is 19.9 Å². The molecule has 6 nitrogen and oxygen atoms in total. The lowest BCUT2D eigenvalue weighted by molar-refractivity contribution is 0.623. The molecule has 0 saturated heterocycles. The number of benzene rings is 1. The van der Waals surface area contributed by atoms with Crippen molar-refractivity contribution in [3.8, 4) is 0 Å². The van der Waals surface area contributed by atoms with Crippen LogP contribution in [0.15, 0.2) is 29.3 Å². The molecule has 3 N–H and O–H groups in total. The zero-order valence-corrected chi connectivity index (χ0v) is 12.7. The Kier molecular flexibility index (Phi) is 4.46. The van der Waals surface area contributed by atoms with Crippen LogP contribution in [0.5, 0.6) is 0 Å². The Hall–Kier alpha value is -2.41. The minimum absolute atomic E-state index is 0. The van der Waals surface area contributed by atoms with Crippen molar-refractivity contribution in [2.75, 3.05) is 5.73 Å². The zero-order chi connectivity index (χ0) is 15.0. The Morgan fingerprint density at radius 3 is 2.91 bits per heavy atom. The lowest BCUT2D eigenvalue weighted by Gasteiger charge is -2.10. The van der Waals surface area contributed by atoms with E-state index in [2.05, 4.69) is 15.0 Å². The molecular weight excluding hydrogens is 309 g/mol. The number of halogens is 2. The average Bonchev–Trinajstić information content (AvgIpc) is 2.89. The van der Waals surface area contributed by atoms with Crippen molar-refractivity contribution in [2.24, 2.45) is 0 Å². The first-order valence-electron chi connectivity index (χ1n) is 6.50. The number of H-pyrrole nitrogens is 1. The minimum Gasteiger partial charge on any atom is -0.369 e. The topological polar surface area (TPSA) is 89.6 Å². The highest BCUT2D eigenvalue weighted by molar-refractivity contribution is 5.85. The summed E-state index contributed by atoms with van der Waals surface area (Å²) in [5.41, 5.74) is 8.01. The number of aromatic amines is 1. The summed E-state index contributed by atoms with van der Waals surface area (Å²) < 4.78 is 14.5. The van der Waals surface area contributed by atoms with Gasteiger partial charge in [0.05, 0.1) is 6.33 Å². The Morgan fingerprint density at radius 2 is 2.18 bits per heavy atom. The summed E-state index contributed by atoms with van der Waals surface area (Å²) >= 11 is 0. The molecule has 22 heavy (non-hydrogen) atoms. The van der Waals surface area contributed by atoms with E-state index in [0.29, 0.717) is 24.1 Å². The summed E-state index contributed by atoms with van der Waals surface area (Å²) in [5, 5.41) is 0. The standard InChI is InChI=1S/C14H14FN5O.ClH/c1-8-6-10(15)3-2-9(8)4-5-20-13(21)11-12(18-7-17-11)19-14(20)16;/h2-3,6-7H,4-5H2,1H3,(H2,16,19)(H,17,18);1H. The van der Waals surface area contributed by atoms with Crippen LogP contribution in [0.1, 0.15) is 11.1 Å². The number of hydrogen-bond donors (Lipinski definition) is 2. The highest BCUT2D eigenvalue weighted by Gasteiger charge is 2.11. The molecule has 0 aliphatic rings. The van der Waals surface area contributed by atoms with Crippen LogP contribution in [0.25, 0.3) is 11.2 Å². The predicted molar refractivity (Wildman–Crippen MR) is 84.7 cm³/mol. The van der Waals surface area contributed by atoms with Gasteiger partial charge in [-0.3, -0.25) is 9.36 Å². The number of hydrogen-bond acceptors (Lipinski definition) is 4. The molecule has 0 atom stereocenters. The van der Waals surface area contributed by atoms with E-state index in [1.807, 2.05) is 6.92 Å². The minimum atomic E-state index is -0.270. The molecular formula is C14H15ClFN5O. The van der Waals surface area contributed by atoms with Crippen LogP contribution in [-0.4, -0.2) is 19.5 Å². The predicted octanol–water partition coefficient (Wildman–Crippen LogP) is 1.81. The van der Waals surface area contributed by atoms with Gasteiger partial charge in [-0.2, -0.15) is 4.98 Å². The molecule has 3 rings (SSSR count). The van der Waals surface area contributed by atoms with Crippen LogP contribution in [0.2, 0.25) is 0 Å². The molecule has 0 aliphatic carbocycles. The summed E-state index contributed by atoms with van der Waals surface area (Å²) in [6.45, 7) is 2.21. The molecule has 0 spiro atoms. The van der Waals surface area contributed by atoms with E-state index in [1.54, 1.807) is 6.07 Å². The van der Waals surface area contributed by atoms with Crippen molar-refractivity contribution in [3.05, 3.63) is 51.8 Å². The number of rotatable bonds is 3. The zero-order valence-electron chi connectivity index (χ0n) is 11.8. The number of aromatic nitrogens is 4. The van der Waals surface area contributed by atoms with Crippen molar-refractivity contribution in [1.29, 1.82) is 0 Å². The maximum atomic E-state index is 13.1. The van der Waals surface area contributed by atoms with Gasteiger partial charge in [-0.05, 0) is 36.6 Å². The average molecular weight is 324 g/mol. The second-order valence-corrected chi connectivity index (χ2v) is 4.85. The highest BCUT2D eigenvalue weighted by atomic mass is 35.5. The van der Waals surface area contributed by atoms with Crippen molar-refractivity contribution in [3.63, 3.8) is 0 Å². The lowest BCUT2D eigenvalue weighted by Crippen LogP contribution is -2.25. The quantitative estimate of drug-likeness (QED) is 0.769. The summed E-state index contributed by atoms with van der Waals surface area (Å²) in [5.74, 6) is -0.146. The Bertz CT molecular complexity index is 873. The molecule has 2 aromatic heterocycles. The number of fused-ring (bicyclic) bond motifs is 1. The third-order valence-electron chi connectivity index (χ3n) is 3.48.